The number of nitrogen functional groups attached to an aromatic ring is 1. The van der Waals surface area contributed by atoms with E-state index in [1.807, 2.05) is 30.7 Å². The van der Waals surface area contributed by atoms with E-state index < -0.39 is 69.0 Å². The quantitative estimate of drug-likeness (QED) is 0.259. The second-order valence-electron chi connectivity index (χ2n) is 10.6. The van der Waals surface area contributed by atoms with E-state index in [1.165, 1.54) is 23.5 Å². The largest absolute Gasteiger partial charge is 0.382 e. The van der Waals surface area contributed by atoms with Gasteiger partial charge in [0, 0.05) is 17.5 Å². The molecule has 4 N–H and O–H groups in total. The predicted octanol–water partition coefficient (Wildman–Crippen LogP) is 2.18. The van der Waals surface area contributed by atoms with E-state index in [0.717, 1.165) is 11.1 Å². The number of hydrogen-bond acceptors (Lipinski definition) is 14. The summed E-state index contributed by atoms with van der Waals surface area (Å²) in [5, 5.41) is 0.839. The first-order valence-electron chi connectivity index (χ1n) is 13.4. The third kappa shape index (κ3) is 5.38. The third-order valence-electron chi connectivity index (χ3n) is 7.87. The molecule has 0 saturated carbocycles. The van der Waals surface area contributed by atoms with Crippen molar-refractivity contribution in [2.75, 3.05) is 18.9 Å². The van der Waals surface area contributed by atoms with Crippen molar-refractivity contribution in [3.8, 4) is 0 Å². The van der Waals surface area contributed by atoms with Crippen LogP contribution in [0.2, 0.25) is 0 Å². The number of fused-ring (bicyclic) bond motifs is 4. The Morgan fingerprint density at radius 1 is 0.909 bits per heavy atom. The average Bonchev–Trinajstić information content (AvgIpc) is 3.73. The molecule has 0 aliphatic carbocycles. The fourth-order valence-electron chi connectivity index (χ4n) is 5.74. The number of hydrogen-bond donors (Lipinski definition) is 3. The first-order valence-corrected chi connectivity index (χ1v) is 18.6. The molecule has 0 amide bonds. The van der Waals surface area contributed by atoms with E-state index in [1.54, 1.807) is 0 Å². The van der Waals surface area contributed by atoms with E-state index in [4.69, 9.17) is 56.9 Å². The van der Waals surface area contributed by atoms with Crippen molar-refractivity contribution in [1.29, 1.82) is 0 Å². The molecule has 44 heavy (non-hydrogen) atoms. The van der Waals surface area contributed by atoms with Crippen LogP contribution in [0.4, 0.5) is 10.2 Å². The summed E-state index contributed by atoms with van der Waals surface area (Å²) in [5.41, 5.74) is 7.76. The van der Waals surface area contributed by atoms with Crippen LogP contribution in [0, 0.1) is 12.8 Å². The smallest absolute Gasteiger partial charge is 0.325 e. The standard InChI is InChI=1S/C23H27FN8O8P2S2/c1-10-17-13(37-22(10)31-4-3-12-11(2)26-7-28-20(12)31)5-35-42(34,44)40-18-14(6-36-41(33,43)39-17)38-23(15(18)24)32-9-30-16-19(25)27-8-29-21(16)32/h3-4,7-10,13-15,17-18,22-23H,5-6H2,1-2H3,(H,33,43)(H,34,44)(H2,25,27,29)/t10-,13-,14-,15-,17+,18-,22-,23-,41?,42?/m1/s1. The van der Waals surface area contributed by atoms with Gasteiger partial charge in [0.2, 0.25) is 0 Å². The van der Waals surface area contributed by atoms with Crippen LogP contribution in [-0.4, -0.2) is 87.6 Å². The molecule has 7 heterocycles. The third-order valence-corrected chi connectivity index (χ3v) is 11.0. The van der Waals surface area contributed by atoms with Crippen LogP contribution >= 0.6 is 13.4 Å². The van der Waals surface area contributed by atoms with Gasteiger partial charge in [-0.25, -0.2) is 29.3 Å². The molecule has 4 aromatic rings. The Bertz CT molecular complexity index is 1700. The van der Waals surface area contributed by atoms with Crippen LogP contribution in [0.1, 0.15) is 25.1 Å². The molecule has 10 atom stereocenters. The van der Waals surface area contributed by atoms with Crippen molar-refractivity contribution in [1.82, 2.24) is 34.1 Å². The fourth-order valence-corrected chi connectivity index (χ4v) is 8.69. The van der Waals surface area contributed by atoms with Gasteiger partial charge in [-0.15, -0.1) is 0 Å². The number of anilines is 1. The molecule has 7 rings (SSSR count). The second-order valence-corrected chi connectivity index (χ2v) is 16.2. The Kier molecular flexibility index (Phi) is 7.83. The molecule has 21 heteroatoms. The zero-order valence-electron chi connectivity index (χ0n) is 23.1. The zero-order chi connectivity index (χ0) is 31.0. The molecule has 16 nitrogen and oxygen atoms in total. The summed E-state index contributed by atoms with van der Waals surface area (Å²) in [7, 11) is 0. The number of halogens is 1. The van der Waals surface area contributed by atoms with Gasteiger partial charge in [0.25, 0.3) is 0 Å². The minimum absolute atomic E-state index is 0.100. The van der Waals surface area contributed by atoms with Crippen LogP contribution in [-0.2, 0) is 51.2 Å². The maximum absolute atomic E-state index is 16.0. The highest BCUT2D eigenvalue weighted by Crippen LogP contribution is 2.55. The summed E-state index contributed by atoms with van der Waals surface area (Å²) in [6, 6.07) is 1.87. The molecule has 3 aliphatic heterocycles. The SMILES string of the molecule is Cc1ncnc2c1ccn2[C@@H]1O[C@@H]2COP(O)(=S)O[C@H]3[C@@H](F)[C@H](n4cnc5c(N)ncnc54)O[C@@H]3COP(O)(=S)O[C@H]2[C@H]1C. The van der Waals surface area contributed by atoms with Crippen molar-refractivity contribution in [2.24, 2.45) is 5.92 Å². The molecule has 0 aromatic carbocycles. The van der Waals surface area contributed by atoms with Crippen LogP contribution in [0.3, 0.4) is 0 Å². The number of nitrogens with zero attached hydrogens (tertiary/aromatic N) is 7. The van der Waals surface area contributed by atoms with E-state index in [-0.39, 0.29) is 23.6 Å². The van der Waals surface area contributed by atoms with Gasteiger partial charge in [-0.1, -0.05) is 6.92 Å². The predicted molar refractivity (Wildman–Crippen MR) is 159 cm³/mol. The van der Waals surface area contributed by atoms with Crippen LogP contribution in [0.25, 0.3) is 22.2 Å². The molecule has 4 aromatic heterocycles. The Balaban J connectivity index is 1.17. The van der Waals surface area contributed by atoms with Crippen molar-refractivity contribution >= 4 is 65.1 Å². The lowest BCUT2D eigenvalue weighted by Gasteiger charge is -2.30. The number of rotatable bonds is 2. The lowest BCUT2D eigenvalue weighted by Crippen LogP contribution is -2.36. The van der Waals surface area contributed by atoms with Crippen LogP contribution in [0.15, 0.2) is 31.2 Å². The Morgan fingerprint density at radius 3 is 2.30 bits per heavy atom. The summed E-state index contributed by atoms with van der Waals surface area (Å²) >= 11 is 10.6. The minimum atomic E-state index is -4.09. The molecule has 2 unspecified atom stereocenters. The number of aromatic nitrogens is 7. The maximum atomic E-state index is 16.0. The first kappa shape index (κ1) is 30.5. The minimum Gasteiger partial charge on any atom is -0.382 e. The summed E-state index contributed by atoms with van der Waals surface area (Å²) in [6.07, 6.45) is -2.51. The Morgan fingerprint density at radius 2 is 1.55 bits per heavy atom. The van der Waals surface area contributed by atoms with Gasteiger partial charge in [-0.05, 0) is 36.6 Å². The van der Waals surface area contributed by atoms with Gasteiger partial charge in [-0.2, -0.15) is 0 Å². The fraction of sp³-hybridized carbons (Fsp3) is 0.522. The van der Waals surface area contributed by atoms with Crippen molar-refractivity contribution in [3.05, 3.63) is 36.9 Å². The lowest BCUT2D eigenvalue weighted by molar-refractivity contribution is -0.0581. The molecular formula is C23H27FN8O8P2S2. The van der Waals surface area contributed by atoms with Crippen molar-refractivity contribution < 1.29 is 41.7 Å². The first-order chi connectivity index (χ1) is 20.9. The van der Waals surface area contributed by atoms with Gasteiger partial charge < -0.3 is 43.1 Å². The van der Waals surface area contributed by atoms with E-state index in [9.17, 15) is 9.79 Å². The lowest BCUT2D eigenvalue weighted by atomic mass is 10.0. The van der Waals surface area contributed by atoms with E-state index in [0.29, 0.717) is 5.65 Å². The molecule has 0 radical (unpaired) electrons. The molecule has 3 fully saturated rings. The normalized spacial score (nSPS) is 38.3. The van der Waals surface area contributed by atoms with Crippen molar-refractivity contribution in [3.63, 3.8) is 0 Å². The molecule has 0 bridgehead atoms. The number of aryl methyl sites for hydroxylation is 1. The van der Waals surface area contributed by atoms with Crippen LogP contribution < -0.4 is 5.73 Å². The number of ether oxygens (including phenoxy) is 2. The highest BCUT2D eigenvalue weighted by molar-refractivity contribution is 8.07. The van der Waals surface area contributed by atoms with Crippen molar-refractivity contribution in [2.45, 2.75) is 56.9 Å². The number of alkyl halides is 1. The van der Waals surface area contributed by atoms with Gasteiger partial charge in [-0.3, -0.25) is 9.09 Å². The monoisotopic (exact) mass is 688 g/mol. The maximum Gasteiger partial charge on any atom is 0.325 e. The highest BCUT2D eigenvalue weighted by atomic mass is 32.5. The molecule has 0 spiro atoms. The summed E-state index contributed by atoms with van der Waals surface area (Å²) in [5.74, 6) is -0.310. The molecular weight excluding hydrogens is 661 g/mol. The van der Waals surface area contributed by atoms with Crippen LogP contribution in [0.5, 0.6) is 0 Å². The van der Waals surface area contributed by atoms with Gasteiger partial charge in [0.1, 0.15) is 54.5 Å². The number of nitrogens with two attached hydrogens (primary N) is 1. The Hall–Kier alpha value is -2.12. The topological polar surface area (TPSA) is 196 Å². The molecule has 236 valence electrons. The summed E-state index contributed by atoms with van der Waals surface area (Å²) in [4.78, 5) is 43.0. The number of imidazole rings is 1. The highest BCUT2D eigenvalue weighted by Gasteiger charge is 2.52. The summed E-state index contributed by atoms with van der Waals surface area (Å²) < 4.78 is 54.5. The summed E-state index contributed by atoms with van der Waals surface area (Å²) in [6.45, 7) is -5.10. The van der Waals surface area contributed by atoms with E-state index in [2.05, 4.69) is 24.9 Å². The zero-order valence-corrected chi connectivity index (χ0v) is 26.5. The van der Waals surface area contributed by atoms with Gasteiger partial charge in [0.15, 0.2) is 23.9 Å². The average molecular weight is 689 g/mol. The van der Waals surface area contributed by atoms with E-state index >= 15 is 4.39 Å². The Labute approximate surface area is 259 Å². The molecule has 3 saturated heterocycles. The van der Waals surface area contributed by atoms with Gasteiger partial charge >= 0.3 is 13.4 Å². The molecule has 3 aliphatic rings. The van der Waals surface area contributed by atoms with Gasteiger partial charge in [0.05, 0.1) is 25.2 Å². The second kappa shape index (κ2) is 11.3.